The lowest BCUT2D eigenvalue weighted by Crippen LogP contribution is -2.57. The van der Waals surface area contributed by atoms with Crippen molar-refractivity contribution in [2.24, 2.45) is 0 Å². The molecule has 27 heavy (non-hydrogen) atoms. The molecule has 142 valence electrons. The van der Waals surface area contributed by atoms with Gasteiger partial charge in [0.1, 0.15) is 5.69 Å². The van der Waals surface area contributed by atoms with E-state index in [2.05, 4.69) is 30.9 Å². The molecule has 0 radical (unpaired) electrons. The number of hydrogen-bond donors (Lipinski definition) is 4. The smallest absolute Gasteiger partial charge is 0.271 e. The molecule has 4 N–H and O–H groups in total. The Morgan fingerprint density at radius 3 is 2.96 bits per heavy atom. The molecule has 3 rings (SSSR count). The molecule has 1 aliphatic rings. The van der Waals surface area contributed by atoms with Crippen LogP contribution in [0.3, 0.4) is 0 Å². The van der Waals surface area contributed by atoms with Crippen LogP contribution in [0, 0.1) is 0 Å². The Balaban J connectivity index is 1.65. The molecule has 1 amide bonds. The molecular weight excluding hydrogens is 346 g/mol. The second-order valence-corrected chi connectivity index (χ2v) is 6.19. The van der Waals surface area contributed by atoms with Gasteiger partial charge in [0, 0.05) is 50.7 Å². The zero-order valence-electron chi connectivity index (χ0n) is 15.3. The van der Waals surface area contributed by atoms with Crippen molar-refractivity contribution >= 4 is 17.5 Å². The number of anilines is 2. The number of H-pyrrole nitrogens is 1. The molecule has 3 heterocycles. The Morgan fingerprint density at radius 2 is 2.22 bits per heavy atom. The second-order valence-electron chi connectivity index (χ2n) is 6.19. The first kappa shape index (κ1) is 18.6. The topological polar surface area (TPSA) is 115 Å². The predicted molar refractivity (Wildman–Crippen MR) is 105 cm³/mol. The van der Waals surface area contributed by atoms with E-state index < -0.39 is 0 Å². The summed E-state index contributed by atoms with van der Waals surface area (Å²) in [6.45, 7) is 1.77. The molecule has 0 bridgehead atoms. The minimum absolute atomic E-state index is 0.0217. The van der Waals surface area contributed by atoms with Crippen molar-refractivity contribution in [1.29, 1.82) is 0 Å². The summed E-state index contributed by atoms with van der Waals surface area (Å²) >= 11 is 0. The van der Waals surface area contributed by atoms with Crippen molar-refractivity contribution < 1.29 is 4.79 Å². The van der Waals surface area contributed by atoms with Gasteiger partial charge in [-0.05, 0) is 19.2 Å². The monoisotopic (exact) mass is 369 g/mol. The SMILES string of the molecule is CNC/C=C/C(=O)N1CC(Nc2cc(-c3ccnc(NC)n3)c[nH]c2=O)C1. The Hall–Kier alpha value is -3.20. The summed E-state index contributed by atoms with van der Waals surface area (Å²) in [7, 11) is 3.57. The van der Waals surface area contributed by atoms with Crippen LogP contribution in [0.25, 0.3) is 11.3 Å². The van der Waals surface area contributed by atoms with Crippen LogP contribution in [0.5, 0.6) is 0 Å². The average molecular weight is 369 g/mol. The summed E-state index contributed by atoms with van der Waals surface area (Å²) in [5.74, 6) is 0.485. The molecule has 0 atom stereocenters. The van der Waals surface area contributed by atoms with Gasteiger partial charge >= 0.3 is 0 Å². The van der Waals surface area contributed by atoms with Crippen molar-refractivity contribution in [3.8, 4) is 11.3 Å². The summed E-state index contributed by atoms with van der Waals surface area (Å²) < 4.78 is 0. The van der Waals surface area contributed by atoms with Gasteiger partial charge in [0.2, 0.25) is 11.9 Å². The fourth-order valence-corrected chi connectivity index (χ4v) is 2.73. The van der Waals surface area contributed by atoms with Crippen LogP contribution in [0.4, 0.5) is 11.6 Å². The van der Waals surface area contributed by atoms with E-state index in [0.717, 1.165) is 5.56 Å². The van der Waals surface area contributed by atoms with E-state index in [4.69, 9.17) is 0 Å². The maximum Gasteiger partial charge on any atom is 0.271 e. The normalized spacial score (nSPS) is 14.2. The number of carbonyl (C=O) groups is 1. The summed E-state index contributed by atoms with van der Waals surface area (Å²) in [5, 5.41) is 9.05. The molecule has 0 aliphatic carbocycles. The lowest BCUT2D eigenvalue weighted by molar-refractivity contribution is -0.129. The number of likely N-dealkylation sites (tertiary alicyclic amines) is 1. The number of nitrogens with zero attached hydrogens (tertiary/aromatic N) is 3. The quantitative estimate of drug-likeness (QED) is 0.518. The predicted octanol–water partition coefficient (Wildman–Crippen LogP) is 0.272. The van der Waals surface area contributed by atoms with Crippen molar-refractivity contribution in [3.05, 3.63) is 47.0 Å². The van der Waals surface area contributed by atoms with Crippen LogP contribution in [-0.2, 0) is 4.79 Å². The first-order valence-corrected chi connectivity index (χ1v) is 8.71. The number of carbonyl (C=O) groups excluding carboxylic acids is 1. The molecule has 1 saturated heterocycles. The van der Waals surface area contributed by atoms with Crippen LogP contribution in [0.15, 0.2) is 41.5 Å². The molecule has 2 aromatic rings. The van der Waals surface area contributed by atoms with Crippen LogP contribution in [0.2, 0.25) is 0 Å². The molecular formula is C18H23N7O2. The van der Waals surface area contributed by atoms with E-state index in [0.29, 0.717) is 37.0 Å². The Bertz CT molecular complexity index is 887. The van der Waals surface area contributed by atoms with Gasteiger partial charge in [-0.15, -0.1) is 0 Å². The summed E-state index contributed by atoms with van der Waals surface area (Å²) in [4.78, 5) is 37.0. The maximum atomic E-state index is 12.1. The van der Waals surface area contributed by atoms with E-state index in [1.54, 1.807) is 48.6 Å². The van der Waals surface area contributed by atoms with Gasteiger partial charge in [-0.1, -0.05) is 6.08 Å². The Morgan fingerprint density at radius 1 is 1.41 bits per heavy atom. The van der Waals surface area contributed by atoms with Gasteiger partial charge in [0.25, 0.3) is 5.56 Å². The Kier molecular flexibility index (Phi) is 5.82. The number of amides is 1. The highest BCUT2D eigenvalue weighted by Crippen LogP contribution is 2.20. The first-order valence-electron chi connectivity index (χ1n) is 8.71. The third kappa shape index (κ3) is 4.50. The number of likely N-dealkylation sites (N-methyl/N-ethyl adjacent to an activating group) is 1. The van der Waals surface area contributed by atoms with Gasteiger partial charge < -0.3 is 25.8 Å². The second kappa shape index (κ2) is 8.45. The molecule has 0 saturated carbocycles. The zero-order valence-corrected chi connectivity index (χ0v) is 15.3. The molecule has 9 heteroatoms. The van der Waals surface area contributed by atoms with Crippen LogP contribution < -0.4 is 21.5 Å². The first-order chi connectivity index (χ1) is 13.1. The van der Waals surface area contributed by atoms with E-state index in [1.807, 2.05) is 7.05 Å². The third-order valence-corrected chi connectivity index (χ3v) is 4.21. The van der Waals surface area contributed by atoms with Crippen LogP contribution >= 0.6 is 0 Å². The fourth-order valence-electron chi connectivity index (χ4n) is 2.73. The molecule has 9 nitrogen and oxygen atoms in total. The average Bonchev–Trinajstić information content (AvgIpc) is 2.65. The van der Waals surface area contributed by atoms with Crippen molar-refractivity contribution in [2.45, 2.75) is 6.04 Å². The number of hydrogen-bond acceptors (Lipinski definition) is 7. The molecule has 1 aliphatic heterocycles. The molecule has 0 aromatic carbocycles. The minimum Gasteiger partial charge on any atom is -0.374 e. The van der Waals surface area contributed by atoms with E-state index in [1.165, 1.54) is 0 Å². The van der Waals surface area contributed by atoms with Gasteiger partial charge in [-0.3, -0.25) is 9.59 Å². The standard InChI is InChI=1S/C18H23N7O2/c1-19-6-3-4-16(26)25-10-13(11-25)23-15-8-12(9-22-17(15)27)14-5-7-21-18(20-2)24-14/h3-5,7-9,13,19,23H,6,10-11H2,1-2H3,(H,22,27)(H,20,21,24)/b4-3+. The van der Waals surface area contributed by atoms with E-state index >= 15 is 0 Å². The molecule has 2 aromatic heterocycles. The molecule has 1 fully saturated rings. The lowest BCUT2D eigenvalue weighted by atomic mass is 10.1. The third-order valence-electron chi connectivity index (χ3n) is 4.21. The minimum atomic E-state index is -0.208. The molecule has 0 spiro atoms. The summed E-state index contributed by atoms with van der Waals surface area (Å²) in [5.41, 5.74) is 1.73. The van der Waals surface area contributed by atoms with E-state index in [-0.39, 0.29) is 17.5 Å². The zero-order chi connectivity index (χ0) is 19.2. The Labute approximate surface area is 156 Å². The molecule has 0 unspecified atom stereocenters. The highest BCUT2D eigenvalue weighted by atomic mass is 16.2. The number of nitrogens with one attached hydrogen (secondary N) is 4. The lowest BCUT2D eigenvalue weighted by Gasteiger charge is -2.39. The van der Waals surface area contributed by atoms with E-state index in [9.17, 15) is 9.59 Å². The van der Waals surface area contributed by atoms with Crippen LogP contribution in [0.1, 0.15) is 0 Å². The number of rotatable bonds is 7. The summed E-state index contributed by atoms with van der Waals surface area (Å²) in [6.07, 6.45) is 6.63. The van der Waals surface area contributed by atoms with Gasteiger partial charge in [0.15, 0.2) is 0 Å². The van der Waals surface area contributed by atoms with Crippen molar-refractivity contribution in [2.75, 3.05) is 44.4 Å². The fraction of sp³-hybridized carbons (Fsp3) is 0.333. The summed E-state index contributed by atoms with van der Waals surface area (Å²) in [6, 6.07) is 3.58. The largest absolute Gasteiger partial charge is 0.374 e. The maximum absolute atomic E-state index is 12.1. The number of aromatic amines is 1. The highest BCUT2D eigenvalue weighted by molar-refractivity contribution is 5.88. The highest BCUT2D eigenvalue weighted by Gasteiger charge is 2.29. The van der Waals surface area contributed by atoms with Crippen molar-refractivity contribution in [1.82, 2.24) is 25.2 Å². The number of pyridine rings is 1. The van der Waals surface area contributed by atoms with Gasteiger partial charge in [0.05, 0.1) is 11.7 Å². The number of aromatic nitrogens is 3. The van der Waals surface area contributed by atoms with Gasteiger partial charge in [-0.2, -0.15) is 0 Å². The van der Waals surface area contributed by atoms with Gasteiger partial charge in [-0.25, -0.2) is 9.97 Å². The van der Waals surface area contributed by atoms with Crippen molar-refractivity contribution in [3.63, 3.8) is 0 Å². The van der Waals surface area contributed by atoms with Crippen LogP contribution in [-0.4, -0.2) is 65.5 Å².